The van der Waals surface area contributed by atoms with Crippen LogP contribution in [0.25, 0.3) is 0 Å². The van der Waals surface area contributed by atoms with E-state index in [4.69, 9.17) is 0 Å². The van der Waals surface area contributed by atoms with Gasteiger partial charge in [0.1, 0.15) is 0 Å². The van der Waals surface area contributed by atoms with Gasteiger partial charge in [-0.2, -0.15) is 4.31 Å². The molecule has 8 heteroatoms. The maximum absolute atomic E-state index is 12.4. The van der Waals surface area contributed by atoms with Crippen molar-refractivity contribution in [3.8, 4) is 0 Å². The maximum atomic E-state index is 12.4. The van der Waals surface area contributed by atoms with E-state index in [2.05, 4.69) is 0 Å². The molecule has 0 bridgehead atoms. The van der Waals surface area contributed by atoms with Crippen LogP contribution in [-0.4, -0.2) is 79.4 Å². The van der Waals surface area contributed by atoms with E-state index in [1.807, 2.05) is 0 Å². The van der Waals surface area contributed by atoms with Crippen molar-refractivity contribution in [1.29, 1.82) is 0 Å². The van der Waals surface area contributed by atoms with E-state index >= 15 is 0 Å². The average molecular weight is 331 g/mol. The zero-order chi connectivity index (χ0) is 16.3. The van der Waals surface area contributed by atoms with E-state index in [9.17, 15) is 18.0 Å². The predicted molar refractivity (Wildman–Crippen MR) is 82.6 cm³/mol. The number of piperazine rings is 1. The number of sulfonamides is 1. The Kier molecular flexibility index (Phi) is 5.44. The van der Waals surface area contributed by atoms with Gasteiger partial charge < -0.3 is 9.80 Å². The lowest BCUT2D eigenvalue weighted by atomic mass is 10.2. The molecule has 22 heavy (non-hydrogen) atoms. The first kappa shape index (κ1) is 17.2. The van der Waals surface area contributed by atoms with Crippen molar-refractivity contribution in [2.45, 2.75) is 38.6 Å². The van der Waals surface area contributed by atoms with Crippen molar-refractivity contribution >= 4 is 21.8 Å². The van der Waals surface area contributed by atoms with Crippen molar-refractivity contribution in [2.24, 2.45) is 0 Å². The molecule has 1 aliphatic heterocycles. The minimum absolute atomic E-state index is 0.0100. The molecule has 1 heterocycles. The quantitative estimate of drug-likeness (QED) is 0.720. The summed E-state index contributed by atoms with van der Waals surface area (Å²) in [7, 11) is -3.38. The van der Waals surface area contributed by atoms with Gasteiger partial charge in [0, 0.05) is 39.1 Å². The van der Waals surface area contributed by atoms with Crippen molar-refractivity contribution in [3.05, 3.63) is 0 Å². The molecule has 0 radical (unpaired) electrons. The van der Waals surface area contributed by atoms with Gasteiger partial charge in [0.2, 0.25) is 21.8 Å². The van der Waals surface area contributed by atoms with Crippen LogP contribution in [0.15, 0.2) is 0 Å². The van der Waals surface area contributed by atoms with E-state index in [1.54, 1.807) is 9.80 Å². The van der Waals surface area contributed by atoms with E-state index < -0.39 is 10.0 Å². The number of nitrogens with zero attached hydrogens (tertiary/aromatic N) is 3. The molecule has 1 saturated heterocycles. The summed E-state index contributed by atoms with van der Waals surface area (Å²) in [6, 6.07) is -0.0440. The minimum Gasteiger partial charge on any atom is -0.339 e. The predicted octanol–water partition coefficient (Wildman–Crippen LogP) is -0.119. The van der Waals surface area contributed by atoms with E-state index in [-0.39, 0.29) is 24.4 Å². The van der Waals surface area contributed by atoms with Crippen LogP contribution in [0.1, 0.15) is 32.6 Å². The smallest absolute Gasteiger partial charge is 0.238 e. The third kappa shape index (κ3) is 4.19. The summed E-state index contributed by atoms with van der Waals surface area (Å²) in [4.78, 5) is 27.1. The molecule has 1 aliphatic carbocycles. The molecule has 0 N–H and O–H groups in total. The Balaban J connectivity index is 1.95. The van der Waals surface area contributed by atoms with Gasteiger partial charge in [-0.05, 0) is 12.8 Å². The minimum atomic E-state index is -3.38. The van der Waals surface area contributed by atoms with Gasteiger partial charge in [0.25, 0.3) is 0 Å². The van der Waals surface area contributed by atoms with Crippen LogP contribution in [0.4, 0.5) is 0 Å². The summed E-state index contributed by atoms with van der Waals surface area (Å²) in [6.45, 7) is 3.42. The van der Waals surface area contributed by atoms with Crippen LogP contribution in [0, 0.1) is 0 Å². The van der Waals surface area contributed by atoms with Crippen LogP contribution in [0.3, 0.4) is 0 Å². The number of hydrogen-bond donors (Lipinski definition) is 0. The van der Waals surface area contributed by atoms with Gasteiger partial charge in [0.15, 0.2) is 0 Å². The number of rotatable bonds is 4. The number of carbonyl (C=O) groups excluding carboxylic acids is 2. The van der Waals surface area contributed by atoms with Crippen molar-refractivity contribution in [3.63, 3.8) is 0 Å². The van der Waals surface area contributed by atoms with Gasteiger partial charge >= 0.3 is 0 Å². The molecule has 1 saturated carbocycles. The van der Waals surface area contributed by atoms with Gasteiger partial charge in [-0.1, -0.05) is 12.8 Å². The maximum Gasteiger partial charge on any atom is 0.238 e. The number of amides is 2. The average Bonchev–Trinajstić information content (AvgIpc) is 2.97. The van der Waals surface area contributed by atoms with E-state index in [0.29, 0.717) is 26.2 Å². The molecule has 0 atom stereocenters. The summed E-state index contributed by atoms with van der Waals surface area (Å²) >= 11 is 0. The Morgan fingerprint density at radius 1 is 1.05 bits per heavy atom. The molecule has 7 nitrogen and oxygen atoms in total. The second-order valence-corrected chi connectivity index (χ2v) is 8.07. The fourth-order valence-corrected chi connectivity index (χ4v) is 4.31. The Bertz CT molecular complexity index is 520. The summed E-state index contributed by atoms with van der Waals surface area (Å²) < 4.78 is 25.3. The molecule has 126 valence electrons. The van der Waals surface area contributed by atoms with Crippen molar-refractivity contribution in [2.75, 3.05) is 39.0 Å². The summed E-state index contributed by atoms with van der Waals surface area (Å²) in [5.41, 5.74) is 0. The van der Waals surface area contributed by atoms with Crippen LogP contribution >= 0.6 is 0 Å². The second kappa shape index (κ2) is 6.95. The molecule has 2 fully saturated rings. The van der Waals surface area contributed by atoms with Crippen LogP contribution in [0.2, 0.25) is 0 Å². The van der Waals surface area contributed by atoms with E-state index in [0.717, 1.165) is 25.7 Å². The highest BCUT2D eigenvalue weighted by Crippen LogP contribution is 2.25. The number of carbonyl (C=O) groups is 2. The van der Waals surface area contributed by atoms with Gasteiger partial charge in [-0.15, -0.1) is 0 Å². The van der Waals surface area contributed by atoms with E-state index in [1.165, 1.54) is 17.5 Å². The first-order valence-corrected chi connectivity index (χ1v) is 9.64. The van der Waals surface area contributed by atoms with Crippen LogP contribution in [-0.2, 0) is 19.6 Å². The SMILES string of the molecule is CC(=O)N1CCN(C(=O)CN(C2CCCC2)S(C)(=O)=O)CC1. The monoisotopic (exact) mass is 331 g/mol. The molecule has 0 unspecified atom stereocenters. The molecule has 2 amide bonds. The third-order valence-corrected chi connectivity index (χ3v) is 5.81. The Morgan fingerprint density at radius 2 is 1.55 bits per heavy atom. The lowest BCUT2D eigenvalue weighted by molar-refractivity contribution is -0.138. The fraction of sp³-hybridized carbons (Fsp3) is 0.857. The summed E-state index contributed by atoms with van der Waals surface area (Å²) in [5.74, 6) is -0.156. The molecule has 0 spiro atoms. The first-order valence-electron chi connectivity index (χ1n) is 7.79. The van der Waals surface area contributed by atoms with Crippen molar-refractivity contribution < 1.29 is 18.0 Å². The molecule has 2 rings (SSSR count). The molecular formula is C14H25N3O4S. The Morgan fingerprint density at radius 3 is 2.00 bits per heavy atom. The summed E-state index contributed by atoms with van der Waals surface area (Å²) in [5, 5.41) is 0. The van der Waals surface area contributed by atoms with Crippen LogP contribution < -0.4 is 0 Å². The highest BCUT2D eigenvalue weighted by atomic mass is 32.2. The highest BCUT2D eigenvalue weighted by Gasteiger charge is 2.33. The first-order chi connectivity index (χ1) is 10.3. The second-order valence-electron chi connectivity index (χ2n) is 6.13. The van der Waals surface area contributed by atoms with Gasteiger partial charge in [-0.25, -0.2) is 8.42 Å². The fourth-order valence-electron chi connectivity index (χ4n) is 3.21. The Hall–Kier alpha value is -1.15. The molecular weight excluding hydrogens is 306 g/mol. The van der Waals surface area contributed by atoms with Crippen LogP contribution in [0.5, 0.6) is 0 Å². The largest absolute Gasteiger partial charge is 0.339 e. The normalized spacial score (nSPS) is 20.7. The zero-order valence-electron chi connectivity index (χ0n) is 13.3. The zero-order valence-corrected chi connectivity index (χ0v) is 14.1. The Labute approximate surface area is 132 Å². The molecule has 0 aromatic heterocycles. The molecule has 2 aliphatic rings. The molecule has 0 aromatic carbocycles. The third-order valence-electron chi connectivity index (χ3n) is 4.53. The highest BCUT2D eigenvalue weighted by molar-refractivity contribution is 7.88. The lowest BCUT2D eigenvalue weighted by Gasteiger charge is -2.35. The van der Waals surface area contributed by atoms with Crippen molar-refractivity contribution in [1.82, 2.24) is 14.1 Å². The van der Waals surface area contributed by atoms with Gasteiger partial charge in [0.05, 0.1) is 12.8 Å². The number of hydrogen-bond acceptors (Lipinski definition) is 4. The summed E-state index contributed by atoms with van der Waals surface area (Å²) in [6.07, 6.45) is 4.87. The topological polar surface area (TPSA) is 78.0 Å². The van der Waals surface area contributed by atoms with Gasteiger partial charge in [-0.3, -0.25) is 9.59 Å². The standard InChI is InChI=1S/C14H25N3O4S/c1-12(18)15-7-9-16(10-8-15)14(19)11-17(22(2,20)21)13-5-3-4-6-13/h13H,3-11H2,1-2H3. The molecule has 0 aromatic rings. The lowest BCUT2D eigenvalue weighted by Crippen LogP contribution is -2.53.